The van der Waals surface area contributed by atoms with Crippen molar-refractivity contribution in [1.82, 2.24) is 15.0 Å². The van der Waals surface area contributed by atoms with E-state index in [0.29, 0.717) is 23.0 Å². The zero-order valence-corrected chi connectivity index (χ0v) is 36.7. The molecule has 11 aromatic carbocycles. The van der Waals surface area contributed by atoms with E-state index in [0.717, 1.165) is 55.6 Å². The smallest absolute Gasteiger partial charge is 0.164 e. The Morgan fingerprint density at radius 1 is 0.265 bits per heavy atom. The SMILES string of the molecule is N#Cc1ccc(-c2cccc(-c3nc(-c4ccccc4)nc(-c4cccc(-c5cc6ccccc6c6ccccc56)c4)n3)c2)c(-c2ccc(-c3ccc4c(c3)-c3cccc5cccc-4c35)cc2)c1. The van der Waals surface area contributed by atoms with Gasteiger partial charge in [0.05, 0.1) is 11.6 Å². The largest absolute Gasteiger partial charge is 0.208 e. The Morgan fingerprint density at radius 2 is 0.794 bits per heavy atom. The highest BCUT2D eigenvalue weighted by Crippen LogP contribution is 2.48. The molecule has 12 aromatic rings. The van der Waals surface area contributed by atoms with Crippen molar-refractivity contribution >= 4 is 32.3 Å². The summed E-state index contributed by atoms with van der Waals surface area (Å²) >= 11 is 0. The Bertz CT molecular complexity index is 4030. The molecular weight excluding hydrogens is 825 g/mol. The van der Waals surface area contributed by atoms with Gasteiger partial charge in [0.1, 0.15) is 0 Å². The van der Waals surface area contributed by atoms with Gasteiger partial charge in [0, 0.05) is 16.7 Å². The first-order chi connectivity index (χ1) is 33.6. The summed E-state index contributed by atoms with van der Waals surface area (Å²) in [5.41, 5.74) is 17.0. The van der Waals surface area contributed by atoms with Gasteiger partial charge in [0.15, 0.2) is 17.5 Å². The van der Waals surface area contributed by atoms with Gasteiger partial charge in [0.2, 0.25) is 0 Å². The van der Waals surface area contributed by atoms with Crippen LogP contribution in [0, 0.1) is 11.3 Å². The summed E-state index contributed by atoms with van der Waals surface area (Å²) in [5.74, 6) is 1.77. The van der Waals surface area contributed by atoms with E-state index in [2.05, 4.69) is 194 Å². The Labute approximate surface area is 393 Å². The number of hydrogen-bond acceptors (Lipinski definition) is 4. The number of nitrogens with zero attached hydrogens (tertiary/aromatic N) is 4. The van der Waals surface area contributed by atoms with E-state index in [4.69, 9.17) is 15.0 Å². The summed E-state index contributed by atoms with van der Waals surface area (Å²) in [7, 11) is 0. The predicted octanol–water partition coefficient (Wildman–Crippen LogP) is 16.5. The minimum absolute atomic E-state index is 0.575. The third-order valence-electron chi connectivity index (χ3n) is 13.5. The zero-order valence-electron chi connectivity index (χ0n) is 36.7. The molecule has 1 aliphatic carbocycles. The van der Waals surface area contributed by atoms with E-state index in [1.165, 1.54) is 60.1 Å². The van der Waals surface area contributed by atoms with Crippen molar-refractivity contribution in [2.45, 2.75) is 0 Å². The molecule has 0 amide bonds. The summed E-state index contributed by atoms with van der Waals surface area (Å²) < 4.78 is 0. The van der Waals surface area contributed by atoms with Crippen LogP contribution < -0.4 is 0 Å². The highest BCUT2D eigenvalue weighted by atomic mass is 15.0. The van der Waals surface area contributed by atoms with Gasteiger partial charge >= 0.3 is 0 Å². The van der Waals surface area contributed by atoms with E-state index < -0.39 is 0 Å². The average Bonchev–Trinajstić information content (AvgIpc) is 3.74. The molecule has 0 atom stereocenters. The monoisotopic (exact) mass is 862 g/mol. The molecule has 1 aromatic heterocycles. The first-order valence-corrected chi connectivity index (χ1v) is 22.9. The molecular formula is C64H38N4. The summed E-state index contributed by atoms with van der Waals surface area (Å²) in [5, 5.41) is 17.5. The summed E-state index contributed by atoms with van der Waals surface area (Å²) in [6, 6.07) is 83.5. The molecule has 0 N–H and O–H groups in total. The molecule has 0 unspecified atom stereocenters. The zero-order chi connectivity index (χ0) is 45.1. The van der Waals surface area contributed by atoms with Gasteiger partial charge < -0.3 is 0 Å². The molecule has 0 bridgehead atoms. The standard InChI is InChI=1S/C64H38N4/c65-39-40-26-32-52(58(34-40)42-29-27-41(28-30-42)45-31-33-55-56-24-10-15-43-16-11-25-57(61(43)56)60(55)37-45)46-17-8-19-49(35-46)63-66-62(44-12-2-1-3-13-44)67-64(68-63)50-20-9-18-47(36-50)59-38-48-14-4-5-21-51(48)53-22-6-7-23-54(53)59/h1-38H. The lowest BCUT2D eigenvalue weighted by Crippen LogP contribution is -2.00. The molecule has 0 saturated heterocycles. The summed E-state index contributed by atoms with van der Waals surface area (Å²) in [4.78, 5) is 15.4. The number of aromatic nitrogens is 3. The van der Waals surface area contributed by atoms with Crippen molar-refractivity contribution in [3.63, 3.8) is 0 Å². The van der Waals surface area contributed by atoms with Gasteiger partial charge in [0.25, 0.3) is 0 Å². The molecule has 1 heterocycles. The number of benzene rings is 11. The van der Waals surface area contributed by atoms with Crippen LogP contribution in [0.2, 0.25) is 0 Å². The maximum Gasteiger partial charge on any atom is 0.164 e. The number of rotatable bonds is 7. The minimum atomic E-state index is 0.575. The Kier molecular flexibility index (Phi) is 9.20. The summed E-state index contributed by atoms with van der Waals surface area (Å²) in [6.45, 7) is 0. The maximum absolute atomic E-state index is 10.1. The lowest BCUT2D eigenvalue weighted by molar-refractivity contribution is 1.07. The molecule has 314 valence electrons. The molecule has 0 spiro atoms. The first kappa shape index (κ1) is 39.1. The molecule has 0 radical (unpaired) electrons. The van der Waals surface area contributed by atoms with Crippen LogP contribution in [-0.4, -0.2) is 15.0 Å². The number of nitriles is 1. The van der Waals surface area contributed by atoms with E-state index >= 15 is 0 Å². The van der Waals surface area contributed by atoms with Crippen LogP contribution in [0.3, 0.4) is 0 Å². The number of hydrogen-bond donors (Lipinski definition) is 0. The van der Waals surface area contributed by atoms with Crippen LogP contribution >= 0.6 is 0 Å². The lowest BCUT2D eigenvalue weighted by atomic mass is 9.91. The first-order valence-electron chi connectivity index (χ1n) is 22.9. The van der Waals surface area contributed by atoms with Crippen LogP contribution in [0.1, 0.15) is 5.56 Å². The number of fused-ring (bicyclic) bond motifs is 6. The maximum atomic E-state index is 10.1. The van der Waals surface area contributed by atoms with Crippen molar-refractivity contribution < 1.29 is 0 Å². The van der Waals surface area contributed by atoms with Gasteiger partial charge in [-0.15, -0.1) is 0 Å². The fourth-order valence-corrected chi connectivity index (χ4v) is 10.2. The Balaban J connectivity index is 0.880. The van der Waals surface area contributed by atoms with Gasteiger partial charge in [-0.1, -0.05) is 194 Å². The van der Waals surface area contributed by atoms with Crippen molar-refractivity contribution in [3.05, 3.63) is 236 Å². The third kappa shape index (κ3) is 6.65. The highest BCUT2D eigenvalue weighted by molar-refractivity contribution is 6.16. The summed E-state index contributed by atoms with van der Waals surface area (Å²) in [6.07, 6.45) is 0. The van der Waals surface area contributed by atoms with E-state index in [-0.39, 0.29) is 0 Å². The topological polar surface area (TPSA) is 62.5 Å². The Morgan fingerprint density at radius 3 is 1.51 bits per heavy atom. The normalized spacial score (nSPS) is 11.5. The second kappa shape index (κ2) is 16.0. The molecule has 0 saturated carbocycles. The van der Waals surface area contributed by atoms with Crippen LogP contribution in [0.5, 0.6) is 0 Å². The molecule has 13 rings (SSSR count). The lowest BCUT2D eigenvalue weighted by Gasteiger charge is -2.14. The third-order valence-corrected chi connectivity index (χ3v) is 13.5. The van der Waals surface area contributed by atoms with Crippen molar-refractivity contribution in [2.75, 3.05) is 0 Å². The van der Waals surface area contributed by atoms with Crippen molar-refractivity contribution in [3.8, 4) is 107 Å². The molecule has 0 fully saturated rings. The van der Waals surface area contributed by atoms with Crippen LogP contribution in [0.4, 0.5) is 0 Å². The molecule has 1 aliphatic rings. The van der Waals surface area contributed by atoms with Gasteiger partial charge in [-0.05, 0) is 135 Å². The van der Waals surface area contributed by atoms with Gasteiger partial charge in [-0.3, -0.25) is 0 Å². The molecule has 4 nitrogen and oxygen atoms in total. The highest BCUT2D eigenvalue weighted by Gasteiger charge is 2.22. The quantitative estimate of drug-likeness (QED) is 0.150. The van der Waals surface area contributed by atoms with Crippen LogP contribution in [0.15, 0.2) is 231 Å². The van der Waals surface area contributed by atoms with E-state index in [1.807, 2.05) is 42.5 Å². The second-order valence-corrected chi connectivity index (χ2v) is 17.4. The average molecular weight is 863 g/mol. The fourth-order valence-electron chi connectivity index (χ4n) is 10.2. The molecule has 0 aliphatic heterocycles. The van der Waals surface area contributed by atoms with E-state index in [1.54, 1.807) is 0 Å². The Hall–Kier alpha value is -9.30. The van der Waals surface area contributed by atoms with Crippen LogP contribution in [-0.2, 0) is 0 Å². The van der Waals surface area contributed by atoms with Gasteiger partial charge in [-0.25, -0.2) is 15.0 Å². The molecule has 4 heteroatoms. The fraction of sp³-hybridized carbons (Fsp3) is 0. The van der Waals surface area contributed by atoms with Crippen molar-refractivity contribution in [1.29, 1.82) is 5.26 Å². The van der Waals surface area contributed by atoms with E-state index in [9.17, 15) is 5.26 Å². The molecule has 68 heavy (non-hydrogen) atoms. The predicted molar refractivity (Wildman–Crippen MR) is 280 cm³/mol. The second-order valence-electron chi connectivity index (χ2n) is 17.4. The minimum Gasteiger partial charge on any atom is -0.208 e. The van der Waals surface area contributed by atoms with Gasteiger partial charge in [-0.2, -0.15) is 5.26 Å². The van der Waals surface area contributed by atoms with Crippen molar-refractivity contribution in [2.24, 2.45) is 0 Å². The van der Waals surface area contributed by atoms with Crippen LogP contribution in [0.25, 0.3) is 133 Å².